The van der Waals surface area contributed by atoms with E-state index in [4.69, 9.17) is 23.2 Å². The first-order valence-corrected chi connectivity index (χ1v) is 10.3. The number of sulfonamides is 1. The van der Waals surface area contributed by atoms with Crippen LogP contribution in [-0.4, -0.2) is 38.3 Å². The van der Waals surface area contributed by atoms with Gasteiger partial charge in [0.25, 0.3) is 0 Å². The summed E-state index contributed by atoms with van der Waals surface area (Å²) in [6.45, 7) is 3.34. The molecular weight excluding hydrogens is 371 g/mol. The van der Waals surface area contributed by atoms with Crippen molar-refractivity contribution >= 4 is 39.1 Å². The molecule has 8 heteroatoms. The lowest BCUT2D eigenvalue weighted by molar-refractivity contribution is -0.126. The smallest absolute Gasteiger partial charge is 0.244 e. The minimum atomic E-state index is -3.70. The molecule has 1 aromatic carbocycles. The summed E-state index contributed by atoms with van der Waals surface area (Å²) in [6.07, 6.45) is 2.99. The highest BCUT2D eigenvalue weighted by atomic mass is 35.5. The summed E-state index contributed by atoms with van der Waals surface area (Å²) in [5.41, 5.74) is 0. The average Bonchev–Trinajstić information content (AvgIpc) is 2.57. The van der Waals surface area contributed by atoms with E-state index in [2.05, 4.69) is 12.2 Å². The van der Waals surface area contributed by atoms with Gasteiger partial charge in [0.1, 0.15) is 4.90 Å². The molecule has 0 unspecified atom stereocenters. The first-order valence-electron chi connectivity index (χ1n) is 8.09. The molecule has 1 aliphatic heterocycles. The van der Waals surface area contributed by atoms with Gasteiger partial charge in [-0.2, -0.15) is 4.31 Å². The van der Waals surface area contributed by atoms with Crippen molar-refractivity contribution in [2.24, 2.45) is 5.92 Å². The predicted octanol–water partition coefficient (Wildman–Crippen LogP) is 3.31. The number of benzene rings is 1. The third-order valence-corrected chi connectivity index (χ3v) is 6.78. The average molecular weight is 393 g/mol. The van der Waals surface area contributed by atoms with Crippen LogP contribution >= 0.6 is 23.2 Å². The number of nitrogens with one attached hydrogen (secondary N) is 1. The molecule has 1 N–H and O–H groups in total. The second-order valence-corrected chi connectivity index (χ2v) is 8.65. The zero-order valence-corrected chi connectivity index (χ0v) is 15.9. The van der Waals surface area contributed by atoms with Crippen molar-refractivity contribution < 1.29 is 13.2 Å². The van der Waals surface area contributed by atoms with E-state index in [1.165, 1.54) is 16.4 Å². The number of hydrogen-bond acceptors (Lipinski definition) is 3. The Bertz CT molecular complexity index is 687. The second kappa shape index (κ2) is 8.52. The third kappa shape index (κ3) is 4.63. The first-order chi connectivity index (χ1) is 11.4. The summed E-state index contributed by atoms with van der Waals surface area (Å²) < 4.78 is 26.8. The quantitative estimate of drug-likeness (QED) is 0.755. The Morgan fingerprint density at radius 3 is 2.58 bits per heavy atom. The normalized spacial score (nSPS) is 17.0. The number of nitrogens with zero attached hydrogens (tertiary/aromatic N) is 1. The monoisotopic (exact) mass is 392 g/mol. The lowest BCUT2D eigenvalue weighted by Gasteiger charge is -2.30. The molecule has 5 nitrogen and oxygen atoms in total. The number of carbonyl (C=O) groups is 1. The minimum absolute atomic E-state index is 0.0151. The molecule has 0 saturated carbocycles. The molecule has 1 aliphatic rings. The van der Waals surface area contributed by atoms with Crippen LogP contribution in [0.1, 0.15) is 32.6 Å². The van der Waals surface area contributed by atoms with Crippen LogP contribution in [0.5, 0.6) is 0 Å². The van der Waals surface area contributed by atoms with E-state index in [1.807, 2.05) is 0 Å². The van der Waals surface area contributed by atoms with Crippen molar-refractivity contribution in [3.05, 3.63) is 28.2 Å². The van der Waals surface area contributed by atoms with Gasteiger partial charge >= 0.3 is 0 Å². The fraction of sp³-hybridized carbons (Fsp3) is 0.562. The molecule has 2 rings (SSSR count). The molecule has 1 saturated heterocycles. The van der Waals surface area contributed by atoms with Crippen LogP contribution < -0.4 is 5.32 Å². The Labute approximate surface area is 153 Å². The van der Waals surface area contributed by atoms with Crippen LogP contribution in [0.15, 0.2) is 23.1 Å². The van der Waals surface area contributed by atoms with Crippen molar-refractivity contribution in [1.29, 1.82) is 0 Å². The molecule has 1 aromatic rings. The zero-order chi connectivity index (χ0) is 17.7. The summed E-state index contributed by atoms with van der Waals surface area (Å²) in [5, 5.41) is 3.38. The highest BCUT2D eigenvalue weighted by molar-refractivity contribution is 7.89. The molecule has 1 amide bonds. The van der Waals surface area contributed by atoms with Crippen LogP contribution in [0.2, 0.25) is 10.0 Å². The Morgan fingerprint density at radius 1 is 1.29 bits per heavy atom. The molecule has 1 fully saturated rings. The fourth-order valence-electron chi connectivity index (χ4n) is 2.71. The second-order valence-electron chi connectivity index (χ2n) is 5.90. The summed E-state index contributed by atoms with van der Waals surface area (Å²) in [5.74, 6) is -0.121. The Balaban J connectivity index is 2.01. The Kier molecular flexibility index (Phi) is 6.92. The van der Waals surface area contributed by atoms with Crippen LogP contribution in [0.25, 0.3) is 0 Å². The van der Waals surface area contributed by atoms with Crippen molar-refractivity contribution in [2.45, 2.75) is 37.5 Å². The van der Waals surface area contributed by atoms with E-state index in [-0.39, 0.29) is 21.7 Å². The summed E-state index contributed by atoms with van der Waals surface area (Å²) >= 11 is 11.9. The van der Waals surface area contributed by atoms with Crippen LogP contribution in [0.4, 0.5) is 0 Å². The van der Waals surface area contributed by atoms with Gasteiger partial charge < -0.3 is 5.32 Å². The molecule has 0 aromatic heterocycles. The predicted molar refractivity (Wildman–Crippen MR) is 95.9 cm³/mol. The van der Waals surface area contributed by atoms with Gasteiger partial charge in [0.15, 0.2) is 0 Å². The van der Waals surface area contributed by atoms with Gasteiger partial charge in [-0.05, 0) is 37.5 Å². The van der Waals surface area contributed by atoms with Crippen LogP contribution in [0.3, 0.4) is 0 Å². The van der Waals surface area contributed by atoms with Crippen molar-refractivity contribution in [2.75, 3.05) is 19.6 Å². The lowest BCUT2D eigenvalue weighted by Crippen LogP contribution is -2.43. The van der Waals surface area contributed by atoms with E-state index < -0.39 is 10.0 Å². The molecular formula is C16H22Cl2N2O3S. The van der Waals surface area contributed by atoms with Crippen molar-refractivity contribution in [1.82, 2.24) is 9.62 Å². The maximum atomic E-state index is 12.7. The summed E-state index contributed by atoms with van der Waals surface area (Å²) in [7, 11) is -3.70. The highest BCUT2D eigenvalue weighted by Gasteiger charge is 2.33. The maximum absolute atomic E-state index is 12.7. The topological polar surface area (TPSA) is 66.5 Å². The van der Waals surface area contributed by atoms with Gasteiger partial charge in [-0.25, -0.2) is 8.42 Å². The standard InChI is InChI=1S/C16H22Cl2N2O3S/c1-2-3-8-19-16(21)12-6-9-20(10-7-12)24(22,23)15-11-13(17)4-5-14(15)18/h4-5,11-12H,2-3,6-10H2,1H3,(H,19,21). The van der Waals surface area contributed by atoms with Gasteiger partial charge in [-0.1, -0.05) is 36.5 Å². The molecule has 0 bridgehead atoms. The van der Waals surface area contributed by atoms with Crippen molar-refractivity contribution in [3.8, 4) is 0 Å². The molecule has 1 heterocycles. The number of piperidine rings is 1. The highest BCUT2D eigenvalue weighted by Crippen LogP contribution is 2.30. The summed E-state index contributed by atoms with van der Waals surface area (Å²) in [4.78, 5) is 12.1. The summed E-state index contributed by atoms with van der Waals surface area (Å²) in [6, 6.07) is 4.39. The van der Waals surface area contributed by atoms with E-state index in [0.29, 0.717) is 37.5 Å². The number of unbranched alkanes of at least 4 members (excludes halogenated alkanes) is 1. The van der Waals surface area contributed by atoms with E-state index >= 15 is 0 Å². The first kappa shape index (κ1) is 19.5. The molecule has 134 valence electrons. The molecule has 0 radical (unpaired) electrons. The number of amides is 1. The van der Waals surface area contributed by atoms with Gasteiger partial charge in [-0.15, -0.1) is 0 Å². The number of halogens is 2. The number of carbonyl (C=O) groups excluding carboxylic acids is 1. The molecule has 0 atom stereocenters. The molecule has 0 aliphatic carbocycles. The van der Waals surface area contributed by atoms with Crippen LogP contribution in [-0.2, 0) is 14.8 Å². The SMILES string of the molecule is CCCCNC(=O)C1CCN(S(=O)(=O)c2cc(Cl)ccc2Cl)CC1. The minimum Gasteiger partial charge on any atom is -0.356 e. The van der Waals surface area contributed by atoms with Crippen molar-refractivity contribution in [3.63, 3.8) is 0 Å². The van der Waals surface area contributed by atoms with Gasteiger partial charge in [-0.3, -0.25) is 4.79 Å². The molecule has 0 spiro atoms. The number of rotatable bonds is 6. The van der Waals surface area contributed by atoms with Gasteiger partial charge in [0.05, 0.1) is 5.02 Å². The Hall–Kier alpha value is -0.820. The van der Waals surface area contributed by atoms with E-state index in [0.717, 1.165) is 12.8 Å². The lowest BCUT2D eigenvalue weighted by atomic mass is 9.97. The van der Waals surface area contributed by atoms with E-state index in [9.17, 15) is 13.2 Å². The van der Waals surface area contributed by atoms with Gasteiger partial charge in [0, 0.05) is 30.6 Å². The zero-order valence-electron chi connectivity index (χ0n) is 13.6. The molecule has 24 heavy (non-hydrogen) atoms. The van der Waals surface area contributed by atoms with Crippen LogP contribution in [0, 0.1) is 5.92 Å². The Morgan fingerprint density at radius 2 is 1.96 bits per heavy atom. The van der Waals surface area contributed by atoms with Gasteiger partial charge in [0.2, 0.25) is 15.9 Å². The number of hydrogen-bond donors (Lipinski definition) is 1. The largest absolute Gasteiger partial charge is 0.356 e. The maximum Gasteiger partial charge on any atom is 0.244 e. The fourth-order valence-corrected chi connectivity index (χ4v) is 4.91. The third-order valence-electron chi connectivity index (χ3n) is 4.17. The van der Waals surface area contributed by atoms with E-state index in [1.54, 1.807) is 6.07 Å².